The fourth-order valence-electron chi connectivity index (χ4n) is 2.74. The van der Waals surface area contributed by atoms with Crippen LogP contribution in [0.15, 0.2) is 66.0 Å². The molecule has 3 rings (SSSR count). The number of hydrogen-bond donors (Lipinski definition) is 3. The lowest BCUT2D eigenvalue weighted by atomic mass is 10.2. The van der Waals surface area contributed by atoms with Gasteiger partial charge in [0.1, 0.15) is 0 Å². The minimum atomic E-state index is -0.165. The van der Waals surface area contributed by atoms with Crippen molar-refractivity contribution in [3.8, 4) is 0 Å². The van der Waals surface area contributed by atoms with Crippen molar-refractivity contribution in [1.29, 1.82) is 0 Å². The first-order valence-corrected chi connectivity index (χ1v) is 10.0. The Kier molecular flexibility index (Phi) is 7.04. The average molecular weight is 410 g/mol. The van der Waals surface area contributed by atoms with E-state index in [9.17, 15) is 14.7 Å². The van der Waals surface area contributed by atoms with E-state index in [4.69, 9.17) is 0 Å². The normalized spacial score (nSPS) is 10.6. The highest BCUT2D eigenvalue weighted by Gasteiger charge is 2.13. The summed E-state index contributed by atoms with van der Waals surface area (Å²) in [6, 6.07) is 16.8. The summed E-state index contributed by atoms with van der Waals surface area (Å²) >= 11 is 1.31. The zero-order valence-electron chi connectivity index (χ0n) is 16.0. The SMILES string of the molecule is CC(=O)Nc1ccc(NC(=O)CSc2ncc(CO)n2Cc2ccccc2)cc1. The number of aromatic nitrogens is 2. The van der Waals surface area contributed by atoms with Crippen molar-refractivity contribution in [3.05, 3.63) is 72.1 Å². The summed E-state index contributed by atoms with van der Waals surface area (Å²) in [7, 11) is 0. The molecule has 0 bridgehead atoms. The van der Waals surface area contributed by atoms with Crippen molar-refractivity contribution in [2.24, 2.45) is 0 Å². The van der Waals surface area contributed by atoms with Gasteiger partial charge in [-0.25, -0.2) is 4.98 Å². The number of benzene rings is 2. The number of carbonyl (C=O) groups is 2. The van der Waals surface area contributed by atoms with Gasteiger partial charge in [-0.2, -0.15) is 0 Å². The summed E-state index contributed by atoms with van der Waals surface area (Å²) in [5.41, 5.74) is 3.11. The molecule has 0 aliphatic rings. The third-order valence-corrected chi connectivity index (χ3v) is 5.06. The number of hydrogen-bond acceptors (Lipinski definition) is 5. The lowest BCUT2D eigenvalue weighted by molar-refractivity contribution is -0.114. The average Bonchev–Trinajstić information content (AvgIpc) is 3.10. The minimum absolute atomic E-state index is 0.118. The van der Waals surface area contributed by atoms with Crippen LogP contribution in [0.1, 0.15) is 18.2 Å². The number of amides is 2. The molecule has 2 aromatic carbocycles. The van der Waals surface area contributed by atoms with Crippen LogP contribution in [0.5, 0.6) is 0 Å². The maximum atomic E-state index is 12.3. The molecule has 0 saturated heterocycles. The predicted molar refractivity (Wildman–Crippen MR) is 114 cm³/mol. The Balaban J connectivity index is 1.60. The van der Waals surface area contributed by atoms with Crippen molar-refractivity contribution >= 4 is 35.0 Å². The molecule has 29 heavy (non-hydrogen) atoms. The maximum absolute atomic E-state index is 12.3. The fraction of sp³-hybridized carbons (Fsp3) is 0.190. The van der Waals surface area contributed by atoms with Crippen LogP contribution < -0.4 is 10.6 Å². The highest BCUT2D eigenvalue weighted by atomic mass is 32.2. The van der Waals surface area contributed by atoms with E-state index < -0.39 is 0 Å². The molecule has 8 heteroatoms. The number of rotatable bonds is 8. The number of aliphatic hydroxyl groups excluding tert-OH is 1. The summed E-state index contributed by atoms with van der Waals surface area (Å²) < 4.78 is 1.91. The Morgan fingerprint density at radius 2 is 1.69 bits per heavy atom. The first kappa shape index (κ1) is 20.6. The first-order valence-electron chi connectivity index (χ1n) is 9.04. The second kappa shape index (κ2) is 9.90. The van der Waals surface area contributed by atoms with Crippen LogP contribution in [0.4, 0.5) is 11.4 Å². The van der Waals surface area contributed by atoms with Crippen LogP contribution in [0.3, 0.4) is 0 Å². The molecule has 1 aromatic heterocycles. The van der Waals surface area contributed by atoms with Gasteiger partial charge in [-0.1, -0.05) is 42.1 Å². The molecule has 3 aromatic rings. The molecule has 0 spiro atoms. The molecule has 0 atom stereocenters. The van der Waals surface area contributed by atoms with Gasteiger partial charge in [-0.15, -0.1) is 0 Å². The lowest BCUT2D eigenvalue weighted by Gasteiger charge is -2.11. The van der Waals surface area contributed by atoms with Gasteiger partial charge >= 0.3 is 0 Å². The number of nitrogens with zero attached hydrogens (tertiary/aromatic N) is 2. The molecule has 1 heterocycles. The van der Waals surface area contributed by atoms with Crippen molar-refractivity contribution in [2.45, 2.75) is 25.2 Å². The Bertz CT molecular complexity index is 971. The van der Waals surface area contributed by atoms with Crippen LogP contribution in [0.2, 0.25) is 0 Å². The van der Waals surface area contributed by atoms with E-state index in [2.05, 4.69) is 15.6 Å². The molecule has 0 unspecified atom stereocenters. The molecule has 0 aliphatic heterocycles. The van der Waals surface area contributed by atoms with Gasteiger partial charge in [-0.3, -0.25) is 9.59 Å². The summed E-state index contributed by atoms with van der Waals surface area (Å²) in [5, 5.41) is 15.8. The lowest BCUT2D eigenvalue weighted by Crippen LogP contribution is -2.15. The third kappa shape index (κ3) is 5.94. The Morgan fingerprint density at radius 1 is 1.03 bits per heavy atom. The quantitative estimate of drug-likeness (QED) is 0.496. The summed E-state index contributed by atoms with van der Waals surface area (Å²) in [5.74, 6) is -0.127. The first-order chi connectivity index (χ1) is 14.0. The number of anilines is 2. The summed E-state index contributed by atoms with van der Waals surface area (Å²) in [6.45, 7) is 1.90. The minimum Gasteiger partial charge on any atom is -0.390 e. The van der Waals surface area contributed by atoms with Crippen molar-refractivity contribution in [3.63, 3.8) is 0 Å². The van der Waals surface area contributed by atoms with Gasteiger partial charge in [0.2, 0.25) is 11.8 Å². The van der Waals surface area contributed by atoms with E-state index in [0.717, 1.165) is 5.56 Å². The van der Waals surface area contributed by atoms with Gasteiger partial charge in [0.25, 0.3) is 0 Å². The largest absolute Gasteiger partial charge is 0.390 e. The van der Waals surface area contributed by atoms with Crippen molar-refractivity contribution < 1.29 is 14.7 Å². The second-order valence-corrected chi connectivity index (χ2v) is 7.30. The van der Waals surface area contributed by atoms with Crippen LogP contribution in [0.25, 0.3) is 0 Å². The smallest absolute Gasteiger partial charge is 0.234 e. The van der Waals surface area contributed by atoms with Crippen LogP contribution in [-0.2, 0) is 22.7 Å². The predicted octanol–water partition coefficient (Wildman–Crippen LogP) is 3.11. The van der Waals surface area contributed by atoms with Gasteiger partial charge in [0, 0.05) is 24.8 Å². The third-order valence-electron chi connectivity index (χ3n) is 4.07. The Labute approximate surface area is 173 Å². The number of imidazole rings is 1. The number of thioether (sulfide) groups is 1. The number of aliphatic hydroxyl groups is 1. The highest BCUT2D eigenvalue weighted by Crippen LogP contribution is 2.21. The number of carbonyl (C=O) groups excluding carboxylic acids is 2. The second-order valence-electron chi connectivity index (χ2n) is 6.36. The summed E-state index contributed by atoms with van der Waals surface area (Å²) in [6.07, 6.45) is 1.63. The zero-order valence-corrected chi connectivity index (χ0v) is 16.8. The highest BCUT2D eigenvalue weighted by molar-refractivity contribution is 7.99. The van der Waals surface area contributed by atoms with Gasteiger partial charge < -0.3 is 20.3 Å². The van der Waals surface area contributed by atoms with Gasteiger partial charge in [-0.05, 0) is 29.8 Å². The topological polar surface area (TPSA) is 96.2 Å². The van der Waals surface area contributed by atoms with E-state index in [-0.39, 0.29) is 24.2 Å². The molecule has 7 nitrogen and oxygen atoms in total. The fourth-order valence-corrected chi connectivity index (χ4v) is 3.53. The Hall–Kier alpha value is -3.10. The van der Waals surface area contributed by atoms with Crippen molar-refractivity contribution in [1.82, 2.24) is 9.55 Å². The molecule has 2 amide bonds. The monoisotopic (exact) mass is 410 g/mol. The molecule has 0 saturated carbocycles. The van der Waals surface area contributed by atoms with E-state index in [1.54, 1.807) is 30.5 Å². The molecule has 3 N–H and O–H groups in total. The summed E-state index contributed by atoms with van der Waals surface area (Å²) in [4.78, 5) is 27.7. The van der Waals surface area contributed by atoms with Crippen LogP contribution in [0, 0.1) is 0 Å². The van der Waals surface area contributed by atoms with Crippen molar-refractivity contribution in [2.75, 3.05) is 16.4 Å². The molecule has 0 fully saturated rings. The Morgan fingerprint density at radius 3 is 2.31 bits per heavy atom. The van der Waals surface area contributed by atoms with Crippen LogP contribution >= 0.6 is 11.8 Å². The molecule has 0 aliphatic carbocycles. The maximum Gasteiger partial charge on any atom is 0.234 e. The van der Waals surface area contributed by atoms with E-state index in [0.29, 0.717) is 28.8 Å². The number of nitrogens with one attached hydrogen (secondary N) is 2. The molecule has 0 radical (unpaired) electrons. The van der Waals surface area contributed by atoms with Gasteiger partial charge in [0.15, 0.2) is 5.16 Å². The van der Waals surface area contributed by atoms with Crippen LogP contribution in [-0.4, -0.2) is 32.2 Å². The molecular formula is C21H22N4O3S. The zero-order chi connectivity index (χ0) is 20.6. The molecular weight excluding hydrogens is 388 g/mol. The van der Waals surface area contributed by atoms with Gasteiger partial charge in [0.05, 0.1) is 24.3 Å². The van der Waals surface area contributed by atoms with E-state index >= 15 is 0 Å². The van der Waals surface area contributed by atoms with E-state index in [1.807, 2.05) is 34.9 Å². The standard InChI is InChI=1S/C21H22N4O3S/c1-15(27)23-17-7-9-18(10-8-17)24-20(28)14-29-21-22-11-19(13-26)25(21)12-16-5-3-2-4-6-16/h2-11,26H,12-14H2,1H3,(H,23,27)(H,24,28). The molecule has 150 valence electrons. The van der Waals surface area contributed by atoms with E-state index in [1.165, 1.54) is 18.7 Å².